The zero-order valence-corrected chi connectivity index (χ0v) is 25.3. The Labute approximate surface area is 259 Å². The molecular weight excluding hydrogens is 577 g/mol. The van der Waals surface area contributed by atoms with Crippen LogP contribution in [-0.2, 0) is 0 Å². The van der Waals surface area contributed by atoms with Crippen LogP contribution >= 0.6 is 21.6 Å². The van der Waals surface area contributed by atoms with E-state index < -0.39 is 0 Å². The lowest BCUT2D eigenvalue weighted by atomic mass is 10.1. The third kappa shape index (κ3) is 8.38. The molecule has 0 atom stereocenters. The van der Waals surface area contributed by atoms with E-state index >= 15 is 0 Å². The van der Waals surface area contributed by atoms with E-state index in [9.17, 15) is 4.79 Å². The molecule has 6 nitrogen and oxygen atoms in total. The van der Waals surface area contributed by atoms with Crippen molar-refractivity contribution in [2.45, 2.75) is 16.7 Å². The van der Waals surface area contributed by atoms with Crippen LogP contribution in [0.2, 0.25) is 0 Å². The van der Waals surface area contributed by atoms with Crippen molar-refractivity contribution in [2.75, 3.05) is 18.2 Å². The predicted octanol–water partition coefficient (Wildman–Crippen LogP) is 9.86. The molecule has 5 aromatic carbocycles. The molecule has 3 N–H and O–H groups in total. The standard InChI is InChI=1S/C35H30N2O4S2/c1-24(21-33(38)25-13-15-26(39-2)16-14-25)37-32-20-18-30(41-28-11-7-4-8-12-28)23-35(32)43-42-34-22-29(17-19-31(34)36)40-27-9-5-3-6-10-27/h3-23,37H,36H2,1-2H3/b24-21+. The maximum absolute atomic E-state index is 12.9. The number of hydrogen-bond acceptors (Lipinski definition) is 8. The number of ketones is 1. The molecule has 0 aliphatic rings. The van der Waals surface area contributed by atoms with Crippen LogP contribution in [0, 0.1) is 0 Å². The number of nitrogens with two attached hydrogens (primary N) is 1. The van der Waals surface area contributed by atoms with Gasteiger partial charge in [0.2, 0.25) is 0 Å². The van der Waals surface area contributed by atoms with Crippen LogP contribution in [0.4, 0.5) is 11.4 Å². The number of carbonyl (C=O) groups is 1. The Bertz CT molecular complexity index is 1710. The van der Waals surface area contributed by atoms with Crippen LogP contribution in [-0.4, -0.2) is 12.9 Å². The predicted molar refractivity (Wildman–Crippen MR) is 177 cm³/mol. The fourth-order valence-electron chi connectivity index (χ4n) is 4.01. The van der Waals surface area contributed by atoms with Crippen molar-refractivity contribution in [1.82, 2.24) is 0 Å². The minimum absolute atomic E-state index is 0.108. The van der Waals surface area contributed by atoms with Crippen molar-refractivity contribution < 1.29 is 19.0 Å². The Hall–Kier alpha value is -4.79. The maximum Gasteiger partial charge on any atom is 0.187 e. The molecule has 5 rings (SSSR count). The van der Waals surface area contributed by atoms with Crippen molar-refractivity contribution >= 4 is 38.7 Å². The maximum atomic E-state index is 12.9. The quantitative estimate of drug-likeness (QED) is 0.0628. The second-order valence-corrected chi connectivity index (χ2v) is 11.6. The molecular formula is C35H30N2O4S2. The molecule has 0 amide bonds. The van der Waals surface area contributed by atoms with E-state index in [0.29, 0.717) is 34.2 Å². The summed E-state index contributed by atoms with van der Waals surface area (Å²) in [5.41, 5.74) is 9.08. The first-order valence-electron chi connectivity index (χ1n) is 13.4. The largest absolute Gasteiger partial charge is 0.497 e. The topological polar surface area (TPSA) is 82.8 Å². The van der Waals surface area contributed by atoms with Crippen LogP contribution < -0.4 is 25.3 Å². The van der Waals surface area contributed by atoms with E-state index in [1.54, 1.807) is 37.5 Å². The van der Waals surface area contributed by atoms with Gasteiger partial charge in [-0.15, -0.1) is 0 Å². The molecule has 0 saturated carbocycles. The molecule has 0 saturated heterocycles. The third-order valence-electron chi connectivity index (χ3n) is 6.17. The summed E-state index contributed by atoms with van der Waals surface area (Å²) in [5.74, 6) is 3.46. The molecule has 0 fully saturated rings. The number of nitrogen functional groups attached to an aromatic ring is 1. The van der Waals surface area contributed by atoms with Gasteiger partial charge in [-0.25, -0.2) is 0 Å². The lowest BCUT2D eigenvalue weighted by Gasteiger charge is -2.15. The van der Waals surface area contributed by atoms with Crippen molar-refractivity contribution in [3.8, 4) is 28.7 Å². The highest BCUT2D eigenvalue weighted by molar-refractivity contribution is 8.76. The van der Waals surface area contributed by atoms with Gasteiger partial charge >= 0.3 is 0 Å². The van der Waals surface area contributed by atoms with Gasteiger partial charge in [0, 0.05) is 32.8 Å². The number of anilines is 2. The summed E-state index contributed by atoms with van der Waals surface area (Å²) in [4.78, 5) is 14.6. The molecule has 0 radical (unpaired) electrons. The van der Waals surface area contributed by atoms with Gasteiger partial charge in [-0.1, -0.05) is 58.0 Å². The number of para-hydroxylation sites is 2. The molecule has 5 aromatic rings. The van der Waals surface area contributed by atoms with Crippen LogP contribution in [0.1, 0.15) is 17.3 Å². The number of ether oxygens (including phenoxy) is 3. The highest BCUT2D eigenvalue weighted by Gasteiger charge is 2.12. The van der Waals surface area contributed by atoms with Gasteiger partial charge in [0.25, 0.3) is 0 Å². The summed E-state index contributed by atoms with van der Waals surface area (Å²) in [6.45, 7) is 1.86. The summed E-state index contributed by atoms with van der Waals surface area (Å²) in [7, 11) is 4.64. The number of benzene rings is 5. The monoisotopic (exact) mass is 606 g/mol. The fraction of sp³-hybridized carbons (Fsp3) is 0.0571. The van der Waals surface area contributed by atoms with Gasteiger partial charge in [-0.2, -0.15) is 0 Å². The zero-order chi connectivity index (χ0) is 30.0. The van der Waals surface area contributed by atoms with Gasteiger partial charge < -0.3 is 25.3 Å². The van der Waals surface area contributed by atoms with Gasteiger partial charge in [-0.3, -0.25) is 4.79 Å². The molecule has 0 spiro atoms. The van der Waals surface area contributed by atoms with Gasteiger partial charge in [0.05, 0.1) is 12.8 Å². The Kier molecular flexibility index (Phi) is 9.94. The van der Waals surface area contributed by atoms with Crippen molar-refractivity contribution in [3.05, 3.63) is 139 Å². The first-order chi connectivity index (χ1) is 21.0. The van der Waals surface area contributed by atoms with Gasteiger partial charge in [-0.05, 0) is 91.9 Å². The molecule has 0 aliphatic carbocycles. The Morgan fingerprint density at radius 1 is 0.674 bits per heavy atom. The molecule has 8 heteroatoms. The summed E-state index contributed by atoms with van der Waals surface area (Å²) < 4.78 is 17.3. The zero-order valence-electron chi connectivity index (χ0n) is 23.7. The molecule has 0 aromatic heterocycles. The Morgan fingerprint density at radius 3 is 1.81 bits per heavy atom. The third-order valence-corrected chi connectivity index (χ3v) is 8.63. The van der Waals surface area contributed by atoms with Crippen LogP contribution in [0.25, 0.3) is 0 Å². The highest BCUT2D eigenvalue weighted by atomic mass is 33.1. The number of rotatable bonds is 12. The fourth-order valence-corrected chi connectivity index (χ4v) is 6.28. The molecule has 216 valence electrons. The normalized spacial score (nSPS) is 11.1. The van der Waals surface area contributed by atoms with E-state index in [2.05, 4.69) is 5.32 Å². The number of carbonyl (C=O) groups excluding carboxylic acids is 1. The van der Waals surface area contributed by atoms with E-state index in [0.717, 1.165) is 27.0 Å². The molecule has 0 unspecified atom stereocenters. The number of hydrogen-bond donors (Lipinski definition) is 2. The minimum Gasteiger partial charge on any atom is -0.497 e. The smallest absolute Gasteiger partial charge is 0.187 e. The average molecular weight is 607 g/mol. The summed E-state index contributed by atoms with van der Waals surface area (Å²) in [6, 6.07) is 37.7. The highest BCUT2D eigenvalue weighted by Crippen LogP contribution is 2.46. The second-order valence-electron chi connectivity index (χ2n) is 9.40. The van der Waals surface area contributed by atoms with E-state index in [1.807, 2.05) is 104 Å². The molecule has 0 aliphatic heterocycles. The van der Waals surface area contributed by atoms with E-state index in [4.69, 9.17) is 19.9 Å². The Morgan fingerprint density at radius 2 is 1.21 bits per heavy atom. The number of allylic oxidation sites excluding steroid dienone is 2. The van der Waals surface area contributed by atoms with Crippen LogP contribution in [0.3, 0.4) is 0 Å². The number of nitrogens with one attached hydrogen (secondary N) is 1. The van der Waals surface area contributed by atoms with Crippen LogP contribution in [0.5, 0.6) is 28.7 Å². The van der Waals surface area contributed by atoms with E-state index in [1.165, 1.54) is 21.6 Å². The van der Waals surface area contributed by atoms with E-state index in [-0.39, 0.29) is 5.78 Å². The summed E-state index contributed by atoms with van der Waals surface area (Å²) in [5, 5.41) is 3.39. The minimum atomic E-state index is -0.108. The molecule has 43 heavy (non-hydrogen) atoms. The first kappa shape index (κ1) is 29.7. The van der Waals surface area contributed by atoms with Crippen LogP contribution in [0.15, 0.2) is 143 Å². The number of methoxy groups -OCH3 is 1. The van der Waals surface area contributed by atoms with Crippen molar-refractivity contribution in [2.24, 2.45) is 0 Å². The molecule has 0 bridgehead atoms. The second kappa shape index (κ2) is 14.4. The lowest BCUT2D eigenvalue weighted by Crippen LogP contribution is -2.02. The summed E-state index contributed by atoms with van der Waals surface area (Å²) >= 11 is 0. The molecule has 0 heterocycles. The lowest BCUT2D eigenvalue weighted by molar-refractivity contribution is 0.104. The first-order valence-corrected chi connectivity index (χ1v) is 15.6. The Balaban J connectivity index is 1.37. The van der Waals surface area contributed by atoms with Gasteiger partial charge in [0.15, 0.2) is 5.78 Å². The summed E-state index contributed by atoms with van der Waals surface area (Å²) in [6.07, 6.45) is 1.58. The SMILES string of the molecule is COc1ccc(C(=O)/C=C(\C)Nc2ccc(Oc3ccccc3)cc2SSc2cc(Oc3ccccc3)ccc2N)cc1. The average Bonchev–Trinajstić information content (AvgIpc) is 3.03. The van der Waals surface area contributed by atoms with Crippen molar-refractivity contribution in [3.63, 3.8) is 0 Å². The van der Waals surface area contributed by atoms with Gasteiger partial charge in [0.1, 0.15) is 28.7 Å². The van der Waals surface area contributed by atoms with Crippen molar-refractivity contribution in [1.29, 1.82) is 0 Å².